The predicted molar refractivity (Wildman–Crippen MR) is 64.5 cm³/mol. The maximum Gasteiger partial charge on any atom is 0.0766 e. The van der Waals surface area contributed by atoms with Crippen LogP contribution in [0.4, 0.5) is 0 Å². The van der Waals surface area contributed by atoms with E-state index in [-0.39, 0.29) is 5.92 Å². The van der Waals surface area contributed by atoms with Gasteiger partial charge in [0.2, 0.25) is 0 Å². The van der Waals surface area contributed by atoms with Crippen LogP contribution in [0.25, 0.3) is 0 Å². The van der Waals surface area contributed by atoms with Gasteiger partial charge in [-0.2, -0.15) is 0 Å². The minimum Gasteiger partial charge on any atom is -0.389 e. The van der Waals surface area contributed by atoms with E-state index in [4.69, 9.17) is 6.42 Å². The Morgan fingerprint density at radius 2 is 2.21 bits per heavy atom. The van der Waals surface area contributed by atoms with Crippen LogP contribution in [0.5, 0.6) is 0 Å². The van der Waals surface area contributed by atoms with Crippen LogP contribution < -0.4 is 5.32 Å². The maximum atomic E-state index is 9.89. The van der Waals surface area contributed by atoms with Crippen molar-refractivity contribution < 1.29 is 5.11 Å². The molecule has 2 N–H and O–H groups in total. The molecule has 0 heterocycles. The average molecular weight is 215 g/mol. The molecule has 3 heteroatoms. The van der Waals surface area contributed by atoms with Gasteiger partial charge in [-0.25, -0.2) is 0 Å². The summed E-state index contributed by atoms with van der Waals surface area (Å²) in [6.07, 6.45) is 5.12. The van der Waals surface area contributed by atoms with Crippen LogP contribution in [0, 0.1) is 18.3 Å². The molecule has 1 atom stereocenters. The highest BCUT2D eigenvalue weighted by atomic mass is 32.2. The molecule has 0 saturated heterocycles. The zero-order chi connectivity index (χ0) is 11.0. The number of nitrogens with one attached hydrogen (secondary N) is 1. The Hall–Kier alpha value is -0.170. The second kappa shape index (κ2) is 7.17. The summed E-state index contributed by atoms with van der Waals surface area (Å²) in [7, 11) is 0. The van der Waals surface area contributed by atoms with E-state index in [0.29, 0.717) is 6.54 Å². The molecule has 0 radical (unpaired) electrons. The van der Waals surface area contributed by atoms with Crippen molar-refractivity contribution >= 4 is 11.8 Å². The molecular weight excluding hydrogens is 194 g/mol. The SMILES string of the molecule is C#CCSCCNCC(C)(O)C(C)C. The first-order valence-corrected chi connectivity index (χ1v) is 6.10. The molecule has 0 aliphatic heterocycles. The van der Waals surface area contributed by atoms with Crippen molar-refractivity contribution in [2.45, 2.75) is 26.4 Å². The minimum absolute atomic E-state index is 0.272. The summed E-state index contributed by atoms with van der Waals surface area (Å²) in [4.78, 5) is 0. The molecule has 2 nitrogen and oxygen atoms in total. The molecule has 0 aliphatic carbocycles. The van der Waals surface area contributed by atoms with Gasteiger partial charge in [0.05, 0.1) is 11.4 Å². The molecule has 0 saturated carbocycles. The van der Waals surface area contributed by atoms with Gasteiger partial charge in [0.15, 0.2) is 0 Å². The molecule has 0 bridgehead atoms. The standard InChI is InChI=1S/C11H21NOS/c1-5-7-14-8-6-12-9-11(4,13)10(2)3/h1,10,12-13H,6-9H2,2-4H3. The summed E-state index contributed by atoms with van der Waals surface area (Å²) < 4.78 is 0. The minimum atomic E-state index is -0.614. The molecule has 0 aromatic carbocycles. The van der Waals surface area contributed by atoms with Gasteiger partial charge in [0, 0.05) is 18.8 Å². The first-order valence-electron chi connectivity index (χ1n) is 4.95. The van der Waals surface area contributed by atoms with Crippen LogP contribution in [0.3, 0.4) is 0 Å². The van der Waals surface area contributed by atoms with Crippen molar-refractivity contribution in [2.24, 2.45) is 5.92 Å². The van der Waals surface area contributed by atoms with Crippen molar-refractivity contribution in [1.82, 2.24) is 5.32 Å². The summed E-state index contributed by atoms with van der Waals surface area (Å²) in [5.41, 5.74) is -0.614. The molecule has 82 valence electrons. The summed E-state index contributed by atoms with van der Waals surface area (Å²) in [6.45, 7) is 7.44. The predicted octanol–water partition coefficient (Wildman–Crippen LogP) is 1.35. The molecule has 0 aromatic rings. The molecular formula is C11H21NOS. The van der Waals surface area contributed by atoms with Gasteiger partial charge in [-0.15, -0.1) is 18.2 Å². The van der Waals surface area contributed by atoms with Crippen LogP contribution in [0.1, 0.15) is 20.8 Å². The van der Waals surface area contributed by atoms with Crippen LogP contribution in [0.2, 0.25) is 0 Å². The fourth-order valence-corrected chi connectivity index (χ4v) is 1.37. The highest BCUT2D eigenvalue weighted by Gasteiger charge is 2.23. The quantitative estimate of drug-likeness (QED) is 0.497. The van der Waals surface area contributed by atoms with Crippen molar-refractivity contribution in [3.63, 3.8) is 0 Å². The van der Waals surface area contributed by atoms with E-state index in [1.165, 1.54) is 0 Å². The summed E-state index contributed by atoms with van der Waals surface area (Å²) in [5, 5.41) is 13.1. The van der Waals surface area contributed by atoms with Crippen LogP contribution >= 0.6 is 11.8 Å². The van der Waals surface area contributed by atoms with Crippen LogP contribution in [-0.2, 0) is 0 Å². The topological polar surface area (TPSA) is 32.3 Å². The van der Waals surface area contributed by atoms with Gasteiger partial charge in [0.1, 0.15) is 0 Å². The lowest BCUT2D eigenvalue weighted by atomic mass is 9.93. The lowest BCUT2D eigenvalue weighted by Crippen LogP contribution is -2.42. The third kappa shape index (κ3) is 6.31. The van der Waals surface area contributed by atoms with Gasteiger partial charge < -0.3 is 10.4 Å². The maximum absolute atomic E-state index is 9.89. The Labute approximate surface area is 91.9 Å². The Bertz CT molecular complexity index is 184. The normalized spacial score (nSPS) is 15.1. The smallest absolute Gasteiger partial charge is 0.0766 e. The zero-order valence-electron chi connectivity index (χ0n) is 9.34. The number of rotatable bonds is 7. The van der Waals surface area contributed by atoms with Gasteiger partial charge in [-0.3, -0.25) is 0 Å². The Kier molecular flexibility index (Phi) is 7.08. The van der Waals surface area contributed by atoms with E-state index in [9.17, 15) is 5.11 Å². The molecule has 0 amide bonds. The lowest BCUT2D eigenvalue weighted by Gasteiger charge is -2.27. The second-order valence-electron chi connectivity index (χ2n) is 3.95. The van der Waals surface area contributed by atoms with E-state index in [2.05, 4.69) is 11.2 Å². The van der Waals surface area contributed by atoms with Crippen molar-refractivity contribution in [3.05, 3.63) is 0 Å². The molecule has 0 aliphatic rings. The monoisotopic (exact) mass is 215 g/mol. The zero-order valence-corrected chi connectivity index (χ0v) is 10.2. The molecule has 1 unspecified atom stereocenters. The van der Waals surface area contributed by atoms with Crippen molar-refractivity contribution in [1.29, 1.82) is 0 Å². The third-order valence-electron chi connectivity index (χ3n) is 2.34. The van der Waals surface area contributed by atoms with E-state index in [1.54, 1.807) is 11.8 Å². The first kappa shape index (κ1) is 13.8. The number of terminal acetylenes is 1. The number of aliphatic hydroxyl groups is 1. The summed E-state index contributed by atoms with van der Waals surface area (Å²) in [5.74, 6) is 4.62. The molecule has 0 spiro atoms. The first-order chi connectivity index (χ1) is 6.50. The van der Waals surface area contributed by atoms with Gasteiger partial charge >= 0.3 is 0 Å². The van der Waals surface area contributed by atoms with Crippen molar-refractivity contribution in [3.8, 4) is 12.3 Å². The van der Waals surface area contributed by atoms with Gasteiger partial charge in [0.25, 0.3) is 0 Å². The van der Waals surface area contributed by atoms with Crippen molar-refractivity contribution in [2.75, 3.05) is 24.6 Å². The largest absolute Gasteiger partial charge is 0.389 e. The molecule has 0 rings (SSSR count). The molecule has 14 heavy (non-hydrogen) atoms. The Balaban J connectivity index is 3.41. The lowest BCUT2D eigenvalue weighted by molar-refractivity contribution is 0.0148. The van der Waals surface area contributed by atoms with E-state index in [1.807, 2.05) is 20.8 Å². The Morgan fingerprint density at radius 3 is 2.71 bits per heavy atom. The molecule has 0 fully saturated rings. The van der Waals surface area contributed by atoms with Crippen LogP contribution in [0.15, 0.2) is 0 Å². The van der Waals surface area contributed by atoms with E-state index < -0.39 is 5.60 Å². The van der Waals surface area contributed by atoms with Gasteiger partial charge in [-0.05, 0) is 12.8 Å². The van der Waals surface area contributed by atoms with Gasteiger partial charge in [-0.1, -0.05) is 19.8 Å². The molecule has 0 aromatic heterocycles. The fraction of sp³-hybridized carbons (Fsp3) is 0.818. The van der Waals surface area contributed by atoms with Crippen LogP contribution in [-0.4, -0.2) is 35.3 Å². The average Bonchev–Trinajstić information content (AvgIpc) is 2.10. The number of thioether (sulfide) groups is 1. The van der Waals surface area contributed by atoms with E-state index >= 15 is 0 Å². The summed E-state index contributed by atoms with van der Waals surface area (Å²) >= 11 is 1.73. The van der Waals surface area contributed by atoms with E-state index in [0.717, 1.165) is 18.1 Å². The highest BCUT2D eigenvalue weighted by molar-refractivity contribution is 7.99. The number of hydrogen-bond donors (Lipinski definition) is 2. The second-order valence-corrected chi connectivity index (χ2v) is 5.05. The fourth-order valence-electron chi connectivity index (χ4n) is 0.821. The highest BCUT2D eigenvalue weighted by Crippen LogP contribution is 2.14. The third-order valence-corrected chi connectivity index (χ3v) is 3.20. The summed E-state index contributed by atoms with van der Waals surface area (Å²) in [6, 6.07) is 0. The number of hydrogen-bond acceptors (Lipinski definition) is 3. The Morgan fingerprint density at radius 1 is 1.57 bits per heavy atom.